The van der Waals surface area contributed by atoms with E-state index in [0.717, 1.165) is 49.8 Å². The van der Waals surface area contributed by atoms with E-state index in [1.165, 1.54) is 0 Å². The van der Waals surface area contributed by atoms with Crippen molar-refractivity contribution in [1.82, 2.24) is 10.2 Å². The summed E-state index contributed by atoms with van der Waals surface area (Å²) in [6.07, 6.45) is 5.86. The van der Waals surface area contributed by atoms with E-state index in [0.29, 0.717) is 19.5 Å². The highest BCUT2D eigenvalue weighted by Gasteiger charge is 2.38. The average Bonchev–Trinajstić information content (AvgIpc) is 2.68. The van der Waals surface area contributed by atoms with Crippen LogP contribution in [0.3, 0.4) is 0 Å². The number of piperidine rings is 1. The maximum Gasteiger partial charge on any atom is 0.227 e. The minimum atomic E-state index is -0.409. The molecule has 2 atom stereocenters. The zero-order valence-electron chi connectivity index (χ0n) is 17.1. The summed E-state index contributed by atoms with van der Waals surface area (Å²) in [5, 5.41) is 3.19. The predicted molar refractivity (Wildman–Crippen MR) is 109 cm³/mol. The second kappa shape index (κ2) is 8.95. The van der Waals surface area contributed by atoms with Gasteiger partial charge in [-0.3, -0.25) is 9.59 Å². The van der Waals surface area contributed by atoms with Crippen LogP contribution in [0.25, 0.3) is 0 Å². The lowest BCUT2D eigenvalue weighted by atomic mass is 9.74. The molecule has 6 nitrogen and oxygen atoms in total. The van der Waals surface area contributed by atoms with Gasteiger partial charge in [-0.25, -0.2) is 0 Å². The van der Waals surface area contributed by atoms with Gasteiger partial charge in [0.1, 0.15) is 5.75 Å². The maximum atomic E-state index is 12.7. The molecule has 154 valence electrons. The van der Waals surface area contributed by atoms with E-state index in [-0.39, 0.29) is 23.8 Å². The summed E-state index contributed by atoms with van der Waals surface area (Å²) in [4.78, 5) is 27.3. The number of rotatable bonds is 5. The van der Waals surface area contributed by atoms with E-state index in [1.807, 2.05) is 36.1 Å². The number of carbonyl (C=O) groups excluding carboxylic acids is 2. The largest absolute Gasteiger partial charge is 0.496 e. The third kappa shape index (κ3) is 4.85. The van der Waals surface area contributed by atoms with Crippen molar-refractivity contribution in [3.8, 4) is 5.75 Å². The Morgan fingerprint density at radius 1 is 1.21 bits per heavy atom. The Kier molecular flexibility index (Phi) is 6.60. The van der Waals surface area contributed by atoms with Crippen LogP contribution in [0.1, 0.15) is 51.0 Å². The number of benzene rings is 1. The summed E-state index contributed by atoms with van der Waals surface area (Å²) in [7, 11) is 1.62. The fraction of sp³-hybridized carbons (Fsp3) is 0.636. The number of nitrogens with two attached hydrogens (primary N) is 1. The fourth-order valence-corrected chi connectivity index (χ4v) is 4.49. The first-order valence-corrected chi connectivity index (χ1v) is 10.4. The second-order valence-electron chi connectivity index (χ2n) is 8.46. The molecule has 1 aliphatic carbocycles. The first kappa shape index (κ1) is 20.6. The Hall–Kier alpha value is -2.08. The van der Waals surface area contributed by atoms with Crippen molar-refractivity contribution in [2.75, 3.05) is 20.2 Å². The number of nitrogens with zero attached hydrogens (tertiary/aromatic N) is 1. The van der Waals surface area contributed by atoms with E-state index in [1.54, 1.807) is 7.11 Å². The summed E-state index contributed by atoms with van der Waals surface area (Å²) >= 11 is 0. The smallest absolute Gasteiger partial charge is 0.227 e. The number of amides is 2. The van der Waals surface area contributed by atoms with Gasteiger partial charge >= 0.3 is 0 Å². The standard InChI is InChI=1S/C22H33N3O3/c1-22(23)12-6-5-8-18(22)21(27)24-17-10-13-25(14-11-17)20(26)15-16-7-3-4-9-19(16)28-2/h3-4,7,9,17-18H,5-6,8,10-15,23H2,1-2H3,(H,24,27). The topological polar surface area (TPSA) is 84.7 Å². The summed E-state index contributed by atoms with van der Waals surface area (Å²) < 4.78 is 5.34. The predicted octanol–water partition coefficient (Wildman–Crippen LogP) is 2.25. The molecule has 1 aliphatic heterocycles. The quantitative estimate of drug-likeness (QED) is 0.812. The molecule has 2 amide bonds. The molecule has 28 heavy (non-hydrogen) atoms. The molecule has 0 spiro atoms. The number of para-hydroxylation sites is 1. The van der Waals surface area contributed by atoms with Crippen molar-refractivity contribution < 1.29 is 14.3 Å². The third-order valence-electron chi connectivity index (χ3n) is 6.30. The van der Waals surface area contributed by atoms with E-state index in [2.05, 4.69) is 5.32 Å². The van der Waals surface area contributed by atoms with Crippen molar-refractivity contribution >= 4 is 11.8 Å². The Balaban J connectivity index is 1.49. The van der Waals surface area contributed by atoms with Crippen molar-refractivity contribution in [1.29, 1.82) is 0 Å². The van der Waals surface area contributed by atoms with Crippen LogP contribution < -0.4 is 15.8 Å². The van der Waals surface area contributed by atoms with Gasteiger partial charge in [0.05, 0.1) is 19.4 Å². The van der Waals surface area contributed by atoms with Gasteiger partial charge in [-0.1, -0.05) is 31.0 Å². The van der Waals surface area contributed by atoms with Crippen molar-refractivity contribution in [3.05, 3.63) is 29.8 Å². The highest BCUT2D eigenvalue weighted by Crippen LogP contribution is 2.32. The van der Waals surface area contributed by atoms with Crippen LogP contribution in [-0.2, 0) is 16.0 Å². The number of nitrogens with one attached hydrogen (secondary N) is 1. The van der Waals surface area contributed by atoms with Crippen molar-refractivity contribution in [3.63, 3.8) is 0 Å². The zero-order valence-corrected chi connectivity index (χ0v) is 17.1. The lowest BCUT2D eigenvalue weighted by Gasteiger charge is -2.39. The molecule has 1 heterocycles. The van der Waals surface area contributed by atoms with Crippen LogP contribution in [0.4, 0.5) is 0 Å². The van der Waals surface area contributed by atoms with Gasteiger partial charge in [-0.05, 0) is 38.7 Å². The molecule has 0 radical (unpaired) electrons. The lowest BCUT2D eigenvalue weighted by Crippen LogP contribution is -2.55. The van der Waals surface area contributed by atoms with Gasteiger partial charge < -0.3 is 20.7 Å². The second-order valence-corrected chi connectivity index (χ2v) is 8.46. The Morgan fingerprint density at radius 2 is 1.93 bits per heavy atom. The number of ether oxygens (including phenoxy) is 1. The summed E-state index contributed by atoms with van der Waals surface area (Å²) in [5.41, 5.74) is 6.86. The van der Waals surface area contributed by atoms with Crippen LogP contribution >= 0.6 is 0 Å². The molecule has 3 rings (SSSR count). The zero-order chi connectivity index (χ0) is 20.1. The van der Waals surface area contributed by atoms with Crippen LogP contribution in [0, 0.1) is 5.92 Å². The molecule has 2 fully saturated rings. The number of carbonyl (C=O) groups is 2. The molecular weight excluding hydrogens is 354 g/mol. The fourth-order valence-electron chi connectivity index (χ4n) is 4.49. The molecule has 1 saturated heterocycles. The van der Waals surface area contributed by atoms with Gasteiger partial charge in [0.2, 0.25) is 11.8 Å². The van der Waals surface area contributed by atoms with E-state index < -0.39 is 5.54 Å². The van der Waals surface area contributed by atoms with Gasteiger partial charge in [-0.15, -0.1) is 0 Å². The molecule has 1 saturated carbocycles. The molecule has 1 aromatic rings. The van der Waals surface area contributed by atoms with Crippen LogP contribution in [-0.4, -0.2) is 48.5 Å². The Bertz CT molecular complexity index is 696. The van der Waals surface area contributed by atoms with Crippen LogP contribution in [0.5, 0.6) is 5.75 Å². The monoisotopic (exact) mass is 387 g/mol. The number of hydrogen-bond donors (Lipinski definition) is 2. The van der Waals surface area contributed by atoms with Gasteiger partial charge in [-0.2, -0.15) is 0 Å². The van der Waals surface area contributed by atoms with Gasteiger partial charge in [0, 0.05) is 30.2 Å². The molecule has 2 unspecified atom stereocenters. The summed E-state index contributed by atoms with van der Waals surface area (Å²) in [5.74, 6) is 0.835. The van der Waals surface area contributed by atoms with E-state index >= 15 is 0 Å². The Morgan fingerprint density at radius 3 is 2.61 bits per heavy atom. The Labute approximate surface area is 167 Å². The van der Waals surface area contributed by atoms with E-state index in [9.17, 15) is 9.59 Å². The molecule has 0 aromatic heterocycles. The average molecular weight is 388 g/mol. The van der Waals surface area contributed by atoms with Gasteiger partial charge in [0.25, 0.3) is 0 Å². The molecule has 3 N–H and O–H groups in total. The van der Waals surface area contributed by atoms with Crippen LogP contribution in [0.2, 0.25) is 0 Å². The summed E-state index contributed by atoms with van der Waals surface area (Å²) in [6.45, 7) is 3.34. The minimum Gasteiger partial charge on any atom is -0.496 e. The molecule has 6 heteroatoms. The number of methoxy groups -OCH3 is 1. The van der Waals surface area contributed by atoms with Crippen molar-refractivity contribution in [2.45, 2.75) is 63.5 Å². The first-order valence-electron chi connectivity index (χ1n) is 10.4. The summed E-state index contributed by atoms with van der Waals surface area (Å²) in [6, 6.07) is 7.75. The normalized spacial score (nSPS) is 26.0. The number of hydrogen-bond acceptors (Lipinski definition) is 4. The van der Waals surface area contributed by atoms with Gasteiger partial charge in [0.15, 0.2) is 0 Å². The maximum absolute atomic E-state index is 12.7. The van der Waals surface area contributed by atoms with Crippen LogP contribution in [0.15, 0.2) is 24.3 Å². The third-order valence-corrected chi connectivity index (χ3v) is 6.30. The molecule has 1 aromatic carbocycles. The number of likely N-dealkylation sites (tertiary alicyclic amines) is 1. The van der Waals surface area contributed by atoms with Crippen molar-refractivity contribution in [2.24, 2.45) is 11.7 Å². The SMILES string of the molecule is COc1ccccc1CC(=O)N1CCC(NC(=O)C2CCCCC2(C)N)CC1. The lowest BCUT2D eigenvalue weighted by molar-refractivity contribution is -0.132. The first-order chi connectivity index (χ1) is 13.4. The molecule has 0 bridgehead atoms. The highest BCUT2D eigenvalue weighted by atomic mass is 16.5. The van der Waals surface area contributed by atoms with E-state index in [4.69, 9.17) is 10.5 Å². The molecule has 2 aliphatic rings. The highest BCUT2D eigenvalue weighted by molar-refractivity contribution is 5.81. The molecular formula is C22H33N3O3. The minimum absolute atomic E-state index is 0.0866.